The van der Waals surface area contributed by atoms with Gasteiger partial charge in [0.15, 0.2) is 5.96 Å². The maximum atomic E-state index is 5.53. The Kier molecular flexibility index (Phi) is 4.90. The third kappa shape index (κ3) is 4.01. The van der Waals surface area contributed by atoms with Crippen LogP contribution in [0, 0.1) is 0 Å². The predicted octanol–water partition coefficient (Wildman–Crippen LogP) is 1.94. The Bertz CT molecular complexity index is 805. The van der Waals surface area contributed by atoms with Gasteiger partial charge in [0.1, 0.15) is 6.26 Å². The predicted molar refractivity (Wildman–Crippen MR) is 92.2 cm³/mol. The van der Waals surface area contributed by atoms with Crippen LogP contribution >= 0.6 is 0 Å². The second kappa shape index (κ2) is 7.45. The normalized spacial score (nSPS) is 11.5. The number of rotatable bonds is 5. The summed E-state index contributed by atoms with van der Waals surface area (Å²) in [6.07, 6.45) is 5.44. The van der Waals surface area contributed by atoms with Gasteiger partial charge in [-0.25, -0.2) is 4.98 Å². The second-order valence-corrected chi connectivity index (χ2v) is 5.31. The van der Waals surface area contributed by atoms with Crippen molar-refractivity contribution < 1.29 is 4.42 Å². The van der Waals surface area contributed by atoms with Crippen molar-refractivity contribution >= 4 is 5.96 Å². The standard InChI is InChI=1S/C17H20N6O/c1-18-17(19-8-13-9-21-23(2)11-13)20-10-15-12-24-16(22-15)14-6-4-3-5-7-14/h3-7,9,11-12H,8,10H2,1-2H3,(H2,18,19,20). The lowest BCUT2D eigenvalue weighted by Gasteiger charge is -2.09. The van der Waals surface area contributed by atoms with Crippen LogP contribution in [0.4, 0.5) is 0 Å². The minimum atomic E-state index is 0.531. The topological polar surface area (TPSA) is 80.3 Å². The van der Waals surface area contributed by atoms with Gasteiger partial charge in [-0.3, -0.25) is 9.67 Å². The number of oxazole rings is 1. The molecule has 0 saturated heterocycles. The zero-order valence-corrected chi connectivity index (χ0v) is 13.7. The summed E-state index contributed by atoms with van der Waals surface area (Å²) in [6, 6.07) is 9.82. The quantitative estimate of drug-likeness (QED) is 0.554. The lowest BCUT2D eigenvalue weighted by Crippen LogP contribution is -2.36. The van der Waals surface area contributed by atoms with Gasteiger partial charge in [0.2, 0.25) is 5.89 Å². The van der Waals surface area contributed by atoms with E-state index in [1.807, 2.05) is 49.8 Å². The van der Waals surface area contributed by atoms with Crippen LogP contribution in [0.1, 0.15) is 11.3 Å². The average Bonchev–Trinajstić information content (AvgIpc) is 3.25. The van der Waals surface area contributed by atoms with Gasteiger partial charge >= 0.3 is 0 Å². The first-order valence-electron chi connectivity index (χ1n) is 7.66. The van der Waals surface area contributed by atoms with Crippen molar-refractivity contribution in [3.05, 3.63) is 60.2 Å². The largest absolute Gasteiger partial charge is 0.444 e. The molecular weight excluding hydrogens is 304 g/mol. The summed E-state index contributed by atoms with van der Waals surface area (Å²) in [5.41, 5.74) is 2.87. The Morgan fingerprint density at radius 3 is 2.71 bits per heavy atom. The van der Waals surface area contributed by atoms with Crippen LogP contribution in [-0.4, -0.2) is 27.8 Å². The van der Waals surface area contributed by atoms with E-state index in [1.54, 1.807) is 18.0 Å². The zero-order chi connectivity index (χ0) is 16.8. The van der Waals surface area contributed by atoms with Crippen molar-refractivity contribution in [2.75, 3.05) is 7.05 Å². The minimum absolute atomic E-state index is 0.531. The summed E-state index contributed by atoms with van der Waals surface area (Å²) in [6.45, 7) is 1.19. The van der Waals surface area contributed by atoms with Gasteiger partial charge in [-0.05, 0) is 12.1 Å². The molecule has 0 unspecified atom stereocenters. The smallest absolute Gasteiger partial charge is 0.226 e. The number of aryl methyl sites for hydroxylation is 1. The number of aromatic nitrogens is 3. The van der Waals surface area contributed by atoms with Gasteiger partial charge in [0.05, 0.1) is 18.4 Å². The number of hydrogen-bond acceptors (Lipinski definition) is 4. The molecule has 0 aliphatic heterocycles. The Morgan fingerprint density at radius 1 is 1.21 bits per heavy atom. The van der Waals surface area contributed by atoms with Crippen LogP contribution in [0.25, 0.3) is 11.5 Å². The van der Waals surface area contributed by atoms with Gasteiger partial charge in [-0.1, -0.05) is 18.2 Å². The van der Waals surface area contributed by atoms with Gasteiger partial charge in [-0.15, -0.1) is 0 Å². The highest BCUT2D eigenvalue weighted by Crippen LogP contribution is 2.17. The van der Waals surface area contributed by atoms with Crippen molar-refractivity contribution in [1.82, 2.24) is 25.4 Å². The number of nitrogens with zero attached hydrogens (tertiary/aromatic N) is 4. The monoisotopic (exact) mass is 324 g/mol. The first-order chi connectivity index (χ1) is 11.7. The molecule has 0 radical (unpaired) electrons. The van der Waals surface area contributed by atoms with Crippen molar-refractivity contribution in [3.63, 3.8) is 0 Å². The summed E-state index contributed by atoms with van der Waals surface area (Å²) in [4.78, 5) is 8.68. The van der Waals surface area contributed by atoms with E-state index in [9.17, 15) is 0 Å². The van der Waals surface area contributed by atoms with Crippen molar-refractivity contribution in [2.24, 2.45) is 12.0 Å². The molecule has 7 heteroatoms. The molecule has 0 bridgehead atoms. The van der Waals surface area contributed by atoms with E-state index in [0.717, 1.165) is 16.8 Å². The molecule has 0 amide bonds. The van der Waals surface area contributed by atoms with Gasteiger partial charge in [0, 0.05) is 38.0 Å². The SMILES string of the molecule is CN=C(NCc1cnn(C)c1)NCc1coc(-c2ccccc2)n1. The highest BCUT2D eigenvalue weighted by atomic mass is 16.3. The number of aliphatic imine (C=N–C) groups is 1. The van der Waals surface area contributed by atoms with Crippen LogP contribution in [0.15, 0.2) is 58.4 Å². The Balaban J connectivity index is 1.53. The maximum absolute atomic E-state index is 5.53. The van der Waals surface area contributed by atoms with Crippen LogP contribution < -0.4 is 10.6 Å². The van der Waals surface area contributed by atoms with Crippen molar-refractivity contribution in [3.8, 4) is 11.5 Å². The highest BCUT2D eigenvalue weighted by Gasteiger charge is 2.07. The summed E-state index contributed by atoms with van der Waals surface area (Å²) in [5.74, 6) is 1.31. The van der Waals surface area contributed by atoms with Gasteiger partial charge in [0.25, 0.3) is 0 Å². The molecule has 1 aromatic carbocycles. The molecule has 3 aromatic rings. The summed E-state index contributed by atoms with van der Waals surface area (Å²) in [5, 5.41) is 10.6. The Morgan fingerprint density at radius 2 is 2.00 bits per heavy atom. The number of nitrogens with one attached hydrogen (secondary N) is 2. The fraction of sp³-hybridized carbons (Fsp3) is 0.235. The van der Waals surface area contributed by atoms with Crippen LogP contribution in [0.3, 0.4) is 0 Å². The van der Waals surface area contributed by atoms with Crippen LogP contribution in [0.2, 0.25) is 0 Å². The molecule has 3 rings (SSSR count). The number of guanidine groups is 1. The molecule has 124 valence electrons. The molecule has 0 fully saturated rings. The van der Waals surface area contributed by atoms with E-state index in [-0.39, 0.29) is 0 Å². The van der Waals surface area contributed by atoms with Crippen molar-refractivity contribution in [2.45, 2.75) is 13.1 Å². The molecule has 2 heterocycles. The third-order valence-corrected chi connectivity index (χ3v) is 3.45. The van der Waals surface area contributed by atoms with Crippen LogP contribution in [0.5, 0.6) is 0 Å². The Labute approximate surface area is 140 Å². The van der Waals surface area contributed by atoms with E-state index in [0.29, 0.717) is 24.9 Å². The second-order valence-electron chi connectivity index (χ2n) is 5.31. The summed E-state index contributed by atoms with van der Waals surface area (Å²) in [7, 11) is 3.63. The number of benzene rings is 1. The fourth-order valence-electron chi connectivity index (χ4n) is 2.25. The zero-order valence-electron chi connectivity index (χ0n) is 13.7. The minimum Gasteiger partial charge on any atom is -0.444 e. The number of hydrogen-bond donors (Lipinski definition) is 2. The van der Waals surface area contributed by atoms with E-state index >= 15 is 0 Å². The van der Waals surface area contributed by atoms with Crippen molar-refractivity contribution in [1.29, 1.82) is 0 Å². The molecule has 0 aliphatic carbocycles. The van der Waals surface area contributed by atoms with Gasteiger partial charge in [-0.2, -0.15) is 5.10 Å². The summed E-state index contributed by atoms with van der Waals surface area (Å²) < 4.78 is 7.30. The maximum Gasteiger partial charge on any atom is 0.226 e. The fourth-order valence-corrected chi connectivity index (χ4v) is 2.25. The van der Waals surface area contributed by atoms with E-state index in [2.05, 4.69) is 25.7 Å². The van der Waals surface area contributed by atoms with E-state index in [1.165, 1.54) is 0 Å². The lowest BCUT2D eigenvalue weighted by molar-refractivity contribution is 0.572. The molecule has 0 saturated carbocycles. The average molecular weight is 324 g/mol. The van der Waals surface area contributed by atoms with Crippen LogP contribution in [-0.2, 0) is 20.1 Å². The molecule has 24 heavy (non-hydrogen) atoms. The molecule has 0 atom stereocenters. The molecule has 2 aromatic heterocycles. The first-order valence-corrected chi connectivity index (χ1v) is 7.66. The third-order valence-electron chi connectivity index (χ3n) is 3.45. The van der Waals surface area contributed by atoms with E-state index in [4.69, 9.17) is 4.42 Å². The molecule has 7 nitrogen and oxygen atoms in total. The first kappa shape index (κ1) is 15.8. The van der Waals surface area contributed by atoms with Gasteiger partial charge < -0.3 is 15.1 Å². The Hall–Kier alpha value is -3.09. The summed E-state index contributed by atoms with van der Waals surface area (Å²) >= 11 is 0. The molecule has 0 aliphatic rings. The lowest BCUT2D eigenvalue weighted by atomic mass is 10.2. The van der Waals surface area contributed by atoms with E-state index < -0.39 is 0 Å². The molecule has 2 N–H and O–H groups in total. The highest BCUT2D eigenvalue weighted by molar-refractivity contribution is 5.79. The molecular formula is C17H20N6O. The molecule has 0 spiro atoms.